The number of aliphatic hydroxyl groups excluding tert-OH is 1. The standard InChI is InChI=1S/C23H15N3O7S/c1-11-2-9-16(33-11)20(28)18-19(12-3-6-14(27)7-4-12)25(22(30)21(18)29)23-24-15-8-5-13(26(31)32)10-17(15)34-23/h2-10,19,27,29H,1H3. The van der Waals surface area contributed by atoms with Crippen LogP contribution < -0.4 is 4.90 Å². The van der Waals surface area contributed by atoms with Gasteiger partial charge in [-0.1, -0.05) is 23.5 Å². The van der Waals surface area contributed by atoms with E-state index >= 15 is 0 Å². The third-order valence-electron chi connectivity index (χ3n) is 5.40. The Bertz CT molecular complexity index is 1520. The fourth-order valence-electron chi connectivity index (χ4n) is 3.81. The Morgan fingerprint density at radius 3 is 2.53 bits per heavy atom. The van der Waals surface area contributed by atoms with Crippen LogP contribution in [-0.2, 0) is 4.79 Å². The molecule has 3 heterocycles. The maximum atomic E-state index is 13.3. The van der Waals surface area contributed by atoms with Crippen molar-refractivity contribution in [2.24, 2.45) is 0 Å². The second-order valence-electron chi connectivity index (χ2n) is 7.58. The first-order valence-corrected chi connectivity index (χ1v) is 10.8. The van der Waals surface area contributed by atoms with Crippen LogP contribution in [0.15, 0.2) is 70.3 Å². The minimum atomic E-state index is -1.07. The minimum Gasteiger partial charge on any atom is -0.508 e. The molecule has 0 bridgehead atoms. The van der Waals surface area contributed by atoms with Gasteiger partial charge in [0, 0.05) is 12.1 Å². The Hall–Kier alpha value is -4.51. The molecule has 1 amide bonds. The zero-order valence-electron chi connectivity index (χ0n) is 17.5. The summed E-state index contributed by atoms with van der Waals surface area (Å²) in [5.74, 6) is -1.84. The number of aliphatic hydroxyl groups is 1. The highest BCUT2D eigenvalue weighted by atomic mass is 32.1. The zero-order chi connectivity index (χ0) is 24.1. The summed E-state index contributed by atoms with van der Waals surface area (Å²) in [5, 5.41) is 31.8. The van der Waals surface area contributed by atoms with E-state index in [1.54, 1.807) is 13.0 Å². The lowest BCUT2D eigenvalue weighted by Crippen LogP contribution is -2.30. The van der Waals surface area contributed by atoms with Crippen LogP contribution in [0.4, 0.5) is 10.8 Å². The predicted octanol–water partition coefficient (Wildman–Crippen LogP) is 4.59. The van der Waals surface area contributed by atoms with E-state index < -0.39 is 28.4 Å². The summed E-state index contributed by atoms with van der Waals surface area (Å²) in [5.41, 5.74) is 0.529. The number of amides is 1. The topological polar surface area (TPSA) is 147 Å². The molecule has 0 fully saturated rings. The number of non-ortho nitro benzene ring substituents is 1. The lowest BCUT2D eigenvalue weighted by Gasteiger charge is -2.24. The first-order chi connectivity index (χ1) is 16.2. The Kier molecular flexibility index (Phi) is 4.91. The maximum absolute atomic E-state index is 13.3. The number of phenols is 1. The number of anilines is 1. The molecule has 0 aliphatic carbocycles. The summed E-state index contributed by atoms with van der Waals surface area (Å²) >= 11 is 1.01. The maximum Gasteiger partial charge on any atom is 0.296 e. The zero-order valence-corrected chi connectivity index (χ0v) is 18.3. The van der Waals surface area contributed by atoms with E-state index in [0.29, 0.717) is 21.5 Å². The number of hydrogen-bond acceptors (Lipinski definition) is 9. The molecule has 11 heteroatoms. The molecule has 2 aromatic heterocycles. The molecule has 1 atom stereocenters. The van der Waals surface area contributed by atoms with Crippen molar-refractivity contribution in [3.05, 3.63) is 93.1 Å². The fraction of sp³-hybridized carbons (Fsp3) is 0.0870. The summed E-state index contributed by atoms with van der Waals surface area (Å²) in [6.07, 6.45) is 0. The van der Waals surface area contributed by atoms with Crippen LogP contribution >= 0.6 is 11.3 Å². The number of nitro benzene ring substituents is 1. The Morgan fingerprint density at radius 2 is 1.88 bits per heavy atom. The number of fused-ring (bicyclic) bond motifs is 1. The number of aromatic hydroxyl groups is 1. The van der Waals surface area contributed by atoms with Gasteiger partial charge < -0.3 is 14.6 Å². The summed E-state index contributed by atoms with van der Waals surface area (Å²) in [6.45, 7) is 1.66. The molecule has 2 N–H and O–H groups in total. The van der Waals surface area contributed by atoms with E-state index in [1.807, 2.05) is 0 Å². The Labute approximate surface area is 195 Å². The van der Waals surface area contributed by atoms with E-state index in [0.717, 1.165) is 11.3 Å². The van der Waals surface area contributed by atoms with Crippen LogP contribution in [0.1, 0.15) is 27.9 Å². The van der Waals surface area contributed by atoms with Crippen LogP contribution in [0.25, 0.3) is 10.2 Å². The number of nitro groups is 1. The quantitative estimate of drug-likeness (QED) is 0.241. The van der Waals surface area contributed by atoms with Crippen molar-refractivity contribution in [3.8, 4) is 5.75 Å². The van der Waals surface area contributed by atoms with Gasteiger partial charge in [0.2, 0.25) is 5.78 Å². The van der Waals surface area contributed by atoms with Gasteiger partial charge in [-0.3, -0.25) is 24.6 Å². The summed E-state index contributed by atoms with van der Waals surface area (Å²) in [6, 6.07) is 11.9. The van der Waals surface area contributed by atoms with Gasteiger partial charge in [0.25, 0.3) is 11.6 Å². The number of thiazole rings is 1. The molecular formula is C23H15N3O7S. The number of aromatic nitrogens is 1. The third-order valence-corrected chi connectivity index (χ3v) is 6.42. The molecular weight excluding hydrogens is 462 g/mol. The lowest BCUT2D eigenvalue weighted by molar-refractivity contribution is -0.384. The number of benzene rings is 2. The molecule has 10 nitrogen and oxygen atoms in total. The van der Waals surface area contributed by atoms with Crippen molar-refractivity contribution in [3.63, 3.8) is 0 Å². The molecule has 0 saturated heterocycles. The van der Waals surface area contributed by atoms with Crippen LogP contribution in [0.3, 0.4) is 0 Å². The molecule has 0 saturated carbocycles. The Morgan fingerprint density at radius 1 is 1.15 bits per heavy atom. The number of carbonyl (C=O) groups is 2. The number of furan rings is 1. The van der Waals surface area contributed by atoms with E-state index in [1.165, 1.54) is 53.4 Å². The highest BCUT2D eigenvalue weighted by Crippen LogP contribution is 2.44. The largest absolute Gasteiger partial charge is 0.508 e. The average Bonchev–Trinajstić information content (AvgIpc) is 3.49. The van der Waals surface area contributed by atoms with Gasteiger partial charge in [0.15, 0.2) is 16.7 Å². The van der Waals surface area contributed by atoms with Gasteiger partial charge in [-0.15, -0.1) is 0 Å². The molecule has 4 aromatic rings. The van der Waals surface area contributed by atoms with E-state index in [9.17, 15) is 29.9 Å². The van der Waals surface area contributed by atoms with Crippen molar-refractivity contribution >= 4 is 44.1 Å². The molecule has 2 aromatic carbocycles. The summed E-state index contributed by atoms with van der Waals surface area (Å²) in [7, 11) is 0. The van der Waals surface area contributed by atoms with Gasteiger partial charge in [0.05, 0.1) is 26.8 Å². The number of ketones is 1. The van der Waals surface area contributed by atoms with Crippen LogP contribution in [0.2, 0.25) is 0 Å². The first kappa shape index (κ1) is 21.3. The summed E-state index contributed by atoms with van der Waals surface area (Å²) < 4.78 is 5.89. The number of phenolic OH excluding ortho intramolecular Hbond substituents is 1. The van der Waals surface area contributed by atoms with Crippen molar-refractivity contribution in [1.82, 2.24) is 4.98 Å². The van der Waals surface area contributed by atoms with E-state index in [-0.39, 0.29) is 27.9 Å². The predicted molar refractivity (Wildman–Crippen MR) is 122 cm³/mol. The first-order valence-electron chi connectivity index (χ1n) is 9.96. The van der Waals surface area contributed by atoms with Crippen molar-refractivity contribution in [1.29, 1.82) is 0 Å². The normalized spacial score (nSPS) is 16.0. The number of hydrogen-bond donors (Lipinski definition) is 2. The van der Waals surface area contributed by atoms with Gasteiger partial charge in [-0.05, 0) is 42.8 Å². The second kappa shape index (κ2) is 7.81. The van der Waals surface area contributed by atoms with Crippen LogP contribution in [0, 0.1) is 17.0 Å². The second-order valence-corrected chi connectivity index (χ2v) is 8.59. The number of carbonyl (C=O) groups excluding carboxylic acids is 2. The Balaban J connectivity index is 1.66. The van der Waals surface area contributed by atoms with E-state index in [4.69, 9.17) is 4.42 Å². The monoisotopic (exact) mass is 477 g/mol. The molecule has 0 radical (unpaired) electrons. The van der Waals surface area contributed by atoms with Crippen LogP contribution in [-0.4, -0.2) is 31.8 Å². The highest BCUT2D eigenvalue weighted by Gasteiger charge is 2.46. The number of aryl methyl sites for hydroxylation is 1. The third kappa shape index (κ3) is 3.39. The number of rotatable bonds is 5. The lowest BCUT2D eigenvalue weighted by atomic mass is 9.95. The number of Topliss-reactive ketones (excluding diaryl/α,β-unsaturated/α-hetero) is 1. The van der Waals surface area contributed by atoms with Crippen LogP contribution in [0.5, 0.6) is 5.75 Å². The molecule has 170 valence electrons. The van der Waals surface area contributed by atoms with Crippen molar-refractivity contribution in [2.75, 3.05) is 4.90 Å². The number of nitrogens with zero attached hydrogens (tertiary/aromatic N) is 3. The molecule has 1 unspecified atom stereocenters. The van der Waals surface area contributed by atoms with Crippen molar-refractivity contribution in [2.45, 2.75) is 13.0 Å². The van der Waals surface area contributed by atoms with Gasteiger partial charge in [-0.25, -0.2) is 4.98 Å². The smallest absolute Gasteiger partial charge is 0.296 e. The molecule has 0 spiro atoms. The molecule has 34 heavy (non-hydrogen) atoms. The SMILES string of the molecule is Cc1ccc(C(=O)C2=C(O)C(=O)N(c3nc4ccc([N+](=O)[O-])cc4s3)C2c2ccc(O)cc2)o1. The molecule has 5 rings (SSSR count). The molecule has 1 aliphatic rings. The fourth-order valence-corrected chi connectivity index (χ4v) is 4.84. The summed E-state index contributed by atoms with van der Waals surface area (Å²) in [4.78, 5) is 42.7. The highest BCUT2D eigenvalue weighted by molar-refractivity contribution is 7.22. The van der Waals surface area contributed by atoms with Crippen molar-refractivity contribution < 1.29 is 29.1 Å². The van der Waals surface area contributed by atoms with Gasteiger partial charge >= 0.3 is 0 Å². The van der Waals surface area contributed by atoms with Gasteiger partial charge in [0.1, 0.15) is 11.5 Å². The average molecular weight is 477 g/mol. The minimum absolute atomic E-state index is 0.0188. The van der Waals surface area contributed by atoms with E-state index in [2.05, 4.69) is 4.98 Å². The molecule has 1 aliphatic heterocycles. The van der Waals surface area contributed by atoms with Gasteiger partial charge in [-0.2, -0.15) is 0 Å².